The molecule has 0 unspecified atom stereocenters. The van der Waals surface area contributed by atoms with Gasteiger partial charge in [-0.2, -0.15) is 0 Å². The van der Waals surface area contributed by atoms with Crippen LogP contribution >= 0.6 is 0 Å². The lowest BCUT2D eigenvalue weighted by atomic mass is 10.2. The minimum Gasteiger partial charge on any atom is -0.489 e. The van der Waals surface area contributed by atoms with Crippen molar-refractivity contribution < 1.29 is 26.4 Å². The third-order valence-corrected chi connectivity index (χ3v) is 8.76. The number of carbonyl (C=O) groups excluding carboxylic acids is 1. The van der Waals surface area contributed by atoms with Gasteiger partial charge in [-0.1, -0.05) is 12.1 Å². The molecule has 9 heteroatoms. The fraction of sp³-hybridized carbons (Fsp3) is 0.350. The first kappa shape index (κ1) is 21.3. The van der Waals surface area contributed by atoms with Gasteiger partial charge in [0.05, 0.1) is 33.4 Å². The third-order valence-electron chi connectivity index (χ3n) is 4.57. The zero-order valence-corrected chi connectivity index (χ0v) is 17.8. The van der Waals surface area contributed by atoms with E-state index in [1.54, 1.807) is 24.3 Å². The average Bonchev–Trinajstić information content (AvgIpc) is 3.03. The highest BCUT2D eigenvalue weighted by Crippen LogP contribution is 2.27. The zero-order chi connectivity index (χ0) is 21.2. The van der Waals surface area contributed by atoms with Crippen LogP contribution in [0.2, 0.25) is 0 Å². The van der Waals surface area contributed by atoms with E-state index in [1.807, 2.05) is 13.8 Å². The average molecular weight is 438 g/mol. The number of anilines is 1. The second-order valence-electron chi connectivity index (χ2n) is 7.21. The second-order valence-corrected chi connectivity index (χ2v) is 11.7. The zero-order valence-electron chi connectivity index (χ0n) is 16.2. The first-order valence-corrected chi connectivity index (χ1v) is 12.6. The highest BCUT2D eigenvalue weighted by atomic mass is 32.2. The number of para-hydroxylation sites is 2. The van der Waals surface area contributed by atoms with Gasteiger partial charge in [0.25, 0.3) is 5.91 Å². The summed E-state index contributed by atoms with van der Waals surface area (Å²) in [6.07, 6.45) is 0.0384. The van der Waals surface area contributed by atoms with Crippen molar-refractivity contribution in [2.75, 3.05) is 16.8 Å². The monoisotopic (exact) mass is 437 g/mol. The van der Waals surface area contributed by atoms with Crippen molar-refractivity contribution in [3.63, 3.8) is 0 Å². The Morgan fingerprint density at radius 1 is 1.10 bits per heavy atom. The lowest BCUT2D eigenvalue weighted by Crippen LogP contribution is -2.23. The van der Waals surface area contributed by atoms with Crippen LogP contribution in [-0.2, 0) is 19.7 Å². The van der Waals surface area contributed by atoms with Crippen molar-refractivity contribution in [3.05, 3.63) is 54.1 Å². The molecule has 1 amide bonds. The predicted octanol–water partition coefficient (Wildman–Crippen LogP) is 2.69. The summed E-state index contributed by atoms with van der Waals surface area (Å²) >= 11 is 0. The van der Waals surface area contributed by atoms with Gasteiger partial charge in [0, 0.05) is 5.56 Å². The molecule has 1 saturated heterocycles. The lowest BCUT2D eigenvalue weighted by Gasteiger charge is -2.15. The maximum atomic E-state index is 12.7. The van der Waals surface area contributed by atoms with Gasteiger partial charge < -0.3 is 10.1 Å². The Labute approximate surface area is 170 Å². The normalized spacial score (nSPS) is 18.5. The Balaban J connectivity index is 1.76. The van der Waals surface area contributed by atoms with Crippen LogP contribution in [0.15, 0.2) is 53.4 Å². The molecule has 2 aromatic carbocycles. The first-order valence-electron chi connectivity index (χ1n) is 9.20. The van der Waals surface area contributed by atoms with Crippen LogP contribution in [0.1, 0.15) is 30.6 Å². The van der Waals surface area contributed by atoms with Crippen molar-refractivity contribution in [2.24, 2.45) is 0 Å². The number of hydrogen-bond donors (Lipinski definition) is 1. The molecule has 0 aliphatic carbocycles. The molecule has 1 N–H and O–H groups in total. The number of ether oxygens (including phenoxy) is 1. The Bertz CT molecular complexity index is 1110. The summed E-state index contributed by atoms with van der Waals surface area (Å²) in [5, 5.41) is 1.83. The first-order chi connectivity index (χ1) is 13.6. The molecule has 0 radical (unpaired) electrons. The van der Waals surface area contributed by atoms with E-state index in [-0.39, 0.29) is 34.5 Å². The second kappa shape index (κ2) is 8.16. The van der Waals surface area contributed by atoms with Gasteiger partial charge in [-0.25, -0.2) is 16.8 Å². The Hall–Kier alpha value is -2.39. The van der Waals surface area contributed by atoms with E-state index < -0.39 is 30.8 Å². The molecule has 0 saturated carbocycles. The minimum absolute atomic E-state index is 0.0136. The molecule has 1 atom stereocenters. The van der Waals surface area contributed by atoms with E-state index in [0.717, 1.165) is 0 Å². The number of rotatable bonds is 6. The van der Waals surface area contributed by atoms with E-state index in [1.165, 1.54) is 24.3 Å². The summed E-state index contributed by atoms with van der Waals surface area (Å²) in [5.41, 5.74) is 0.793. The molecule has 1 fully saturated rings. The molecule has 0 aromatic heterocycles. The van der Waals surface area contributed by atoms with Crippen molar-refractivity contribution >= 4 is 31.3 Å². The quantitative estimate of drug-likeness (QED) is 0.745. The molecule has 0 spiro atoms. The van der Waals surface area contributed by atoms with Gasteiger partial charge in [0.1, 0.15) is 5.75 Å². The van der Waals surface area contributed by atoms with E-state index in [0.29, 0.717) is 11.4 Å². The standard InChI is InChI=1S/C20H23NO6S2/c1-14(2)27-19-6-4-3-5-18(19)21-20(22)15-7-9-16(10-8-15)29(25,26)17-11-12-28(23,24)13-17/h3-10,14,17H,11-13H2,1-2H3,(H,21,22)/t17-/m0/s1. The summed E-state index contributed by atoms with van der Waals surface area (Å²) in [6, 6.07) is 12.5. The van der Waals surface area contributed by atoms with E-state index in [2.05, 4.69) is 5.32 Å². The third kappa shape index (κ3) is 4.97. The maximum Gasteiger partial charge on any atom is 0.255 e. The van der Waals surface area contributed by atoms with Crippen LogP contribution in [0, 0.1) is 0 Å². The SMILES string of the molecule is CC(C)Oc1ccccc1NC(=O)c1ccc(S(=O)(=O)[C@H]2CCS(=O)(=O)C2)cc1. The number of nitrogens with one attached hydrogen (secondary N) is 1. The predicted molar refractivity (Wildman–Crippen MR) is 111 cm³/mol. The Morgan fingerprint density at radius 3 is 2.34 bits per heavy atom. The van der Waals surface area contributed by atoms with Gasteiger partial charge >= 0.3 is 0 Å². The highest BCUT2D eigenvalue weighted by molar-refractivity contribution is 7.96. The van der Waals surface area contributed by atoms with Crippen LogP contribution in [0.3, 0.4) is 0 Å². The summed E-state index contributed by atoms with van der Waals surface area (Å²) in [6.45, 7) is 3.76. The molecule has 0 bridgehead atoms. The summed E-state index contributed by atoms with van der Waals surface area (Å²) in [4.78, 5) is 12.6. The highest BCUT2D eigenvalue weighted by Gasteiger charge is 2.38. The minimum atomic E-state index is -3.76. The molecular weight excluding hydrogens is 414 g/mol. The summed E-state index contributed by atoms with van der Waals surface area (Å²) in [7, 11) is -7.07. The molecule has 2 aromatic rings. The summed E-state index contributed by atoms with van der Waals surface area (Å²) < 4.78 is 54.2. The largest absolute Gasteiger partial charge is 0.489 e. The fourth-order valence-electron chi connectivity index (χ4n) is 3.12. The summed E-state index contributed by atoms with van der Waals surface area (Å²) in [5.74, 6) is -0.339. The number of amides is 1. The van der Waals surface area contributed by atoms with Crippen molar-refractivity contribution in [1.29, 1.82) is 0 Å². The number of benzene rings is 2. The topological polar surface area (TPSA) is 107 Å². The van der Waals surface area contributed by atoms with Gasteiger partial charge in [-0.05, 0) is 56.7 Å². The smallest absolute Gasteiger partial charge is 0.255 e. The van der Waals surface area contributed by atoms with Gasteiger partial charge in [0.15, 0.2) is 19.7 Å². The van der Waals surface area contributed by atoms with Gasteiger partial charge in [-0.15, -0.1) is 0 Å². The number of carbonyl (C=O) groups is 1. The van der Waals surface area contributed by atoms with Crippen molar-refractivity contribution in [3.8, 4) is 5.75 Å². The van der Waals surface area contributed by atoms with Crippen LogP contribution in [-0.4, -0.2) is 45.6 Å². The van der Waals surface area contributed by atoms with Crippen LogP contribution in [0.25, 0.3) is 0 Å². The van der Waals surface area contributed by atoms with Gasteiger partial charge in [0.2, 0.25) is 0 Å². The molecule has 3 rings (SSSR count). The van der Waals surface area contributed by atoms with E-state index in [9.17, 15) is 21.6 Å². The fourth-order valence-corrected chi connectivity index (χ4v) is 7.47. The van der Waals surface area contributed by atoms with E-state index >= 15 is 0 Å². The molecule has 1 heterocycles. The van der Waals surface area contributed by atoms with Gasteiger partial charge in [-0.3, -0.25) is 4.79 Å². The Morgan fingerprint density at radius 2 is 1.76 bits per heavy atom. The molecule has 29 heavy (non-hydrogen) atoms. The maximum absolute atomic E-state index is 12.7. The van der Waals surface area contributed by atoms with Crippen molar-refractivity contribution in [1.82, 2.24) is 0 Å². The lowest BCUT2D eigenvalue weighted by molar-refractivity contribution is 0.102. The molecule has 7 nitrogen and oxygen atoms in total. The van der Waals surface area contributed by atoms with Crippen LogP contribution < -0.4 is 10.1 Å². The Kier molecular flexibility index (Phi) is 6.00. The molecule has 1 aliphatic heterocycles. The molecule has 1 aliphatic rings. The van der Waals surface area contributed by atoms with Crippen LogP contribution in [0.5, 0.6) is 5.75 Å². The molecular formula is C20H23NO6S2. The van der Waals surface area contributed by atoms with E-state index in [4.69, 9.17) is 4.74 Å². The van der Waals surface area contributed by atoms with Crippen molar-refractivity contribution in [2.45, 2.75) is 36.5 Å². The van der Waals surface area contributed by atoms with Crippen LogP contribution in [0.4, 0.5) is 5.69 Å². The number of sulfone groups is 2. The number of hydrogen-bond acceptors (Lipinski definition) is 6. The molecule has 156 valence electrons.